The van der Waals surface area contributed by atoms with Crippen LogP contribution in [-0.4, -0.2) is 44.4 Å². The van der Waals surface area contributed by atoms with Crippen molar-refractivity contribution >= 4 is 11.9 Å². The maximum absolute atomic E-state index is 10.4. The predicted molar refractivity (Wildman–Crippen MR) is 94.8 cm³/mol. The number of nitrogens with two attached hydrogens (primary N) is 2. The molecule has 0 aliphatic heterocycles. The van der Waals surface area contributed by atoms with Crippen molar-refractivity contribution in [2.24, 2.45) is 11.5 Å². The summed E-state index contributed by atoms with van der Waals surface area (Å²) in [6.45, 7) is 0. The average molecular weight is 362 g/mol. The first kappa shape index (κ1) is 20.9. The number of aliphatic carboxylic acids is 2. The van der Waals surface area contributed by atoms with Crippen molar-refractivity contribution in [3.63, 3.8) is 0 Å². The van der Waals surface area contributed by atoms with E-state index in [9.17, 15) is 9.59 Å². The number of hydrogen-bond acceptors (Lipinski definition) is 6. The van der Waals surface area contributed by atoms with Crippen LogP contribution in [0.5, 0.6) is 11.5 Å². The highest BCUT2D eigenvalue weighted by Crippen LogP contribution is 2.11. The molecule has 140 valence electrons. The smallest absolute Gasteiger partial charge is 0.320 e. The number of phenolic OH excluding ortho intramolecular Hbond substituents is 2. The molecule has 2 aromatic carbocycles. The van der Waals surface area contributed by atoms with Gasteiger partial charge in [0, 0.05) is 0 Å². The van der Waals surface area contributed by atoms with Gasteiger partial charge in [-0.1, -0.05) is 24.3 Å². The third-order valence-electron chi connectivity index (χ3n) is 3.42. The van der Waals surface area contributed by atoms with Crippen molar-refractivity contribution in [3.8, 4) is 11.5 Å². The van der Waals surface area contributed by atoms with Crippen molar-refractivity contribution in [2.75, 3.05) is 0 Å². The second kappa shape index (κ2) is 10.0. The highest BCUT2D eigenvalue weighted by molar-refractivity contribution is 5.73. The molecule has 0 bridgehead atoms. The summed E-state index contributed by atoms with van der Waals surface area (Å²) in [6.07, 6.45) is 0.547. The minimum atomic E-state index is -1.02. The number of hydrogen-bond donors (Lipinski definition) is 6. The molecule has 2 rings (SSSR count). The standard InChI is InChI=1S/2C9H11NO3/c2*10-8(9(12)13)5-6-1-3-7(11)4-2-6/h2*1-4,8,11H,5,10H2,(H,12,13)/t2*8-/m10/s1. The molecule has 0 saturated heterocycles. The van der Waals surface area contributed by atoms with Gasteiger partial charge in [-0.25, -0.2) is 0 Å². The maximum atomic E-state index is 10.4. The molecule has 8 nitrogen and oxygen atoms in total. The molecule has 26 heavy (non-hydrogen) atoms. The zero-order valence-corrected chi connectivity index (χ0v) is 13.9. The van der Waals surface area contributed by atoms with Gasteiger partial charge in [0.05, 0.1) is 0 Å². The fraction of sp³-hybridized carbons (Fsp3) is 0.222. The Morgan fingerprint density at radius 3 is 1.19 bits per heavy atom. The molecule has 0 aliphatic carbocycles. The molecular formula is C18H22N2O6. The van der Waals surface area contributed by atoms with Crippen molar-refractivity contribution in [3.05, 3.63) is 59.7 Å². The molecule has 2 atom stereocenters. The number of carboxylic acids is 2. The zero-order valence-electron chi connectivity index (χ0n) is 13.9. The molecule has 0 amide bonds. The lowest BCUT2D eigenvalue weighted by molar-refractivity contribution is -0.139. The van der Waals surface area contributed by atoms with Gasteiger partial charge in [-0.2, -0.15) is 0 Å². The largest absolute Gasteiger partial charge is 0.508 e. The number of benzene rings is 2. The number of aromatic hydroxyl groups is 2. The van der Waals surface area contributed by atoms with E-state index in [1.54, 1.807) is 24.3 Å². The van der Waals surface area contributed by atoms with Crippen LogP contribution in [0.2, 0.25) is 0 Å². The monoisotopic (exact) mass is 362 g/mol. The van der Waals surface area contributed by atoms with Gasteiger partial charge in [0.25, 0.3) is 0 Å². The summed E-state index contributed by atoms with van der Waals surface area (Å²) in [5.41, 5.74) is 12.2. The van der Waals surface area contributed by atoms with Gasteiger partial charge in [0.15, 0.2) is 0 Å². The van der Waals surface area contributed by atoms with Crippen LogP contribution in [-0.2, 0) is 22.4 Å². The Hall–Kier alpha value is -3.10. The molecule has 0 unspecified atom stereocenters. The zero-order chi connectivity index (χ0) is 19.7. The maximum Gasteiger partial charge on any atom is 0.320 e. The summed E-state index contributed by atoms with van der Waals surface area (Å²) in [7, 11) is 0. The molecule has 2 aromatic rings. The molecule has 0 spiro atoms. The van der Waals surface area contributed by atoms with Crippen molar-refractivity contribution < 1.29 is 30.0 Å². The summed E-state index contributed by atoms with van der Waals surface area (Å²) >= 11 is 0. The Balaban J connectivity index is 0.000000260. The highest BCUT2D eigenvalue weighted by Gasteiger charge is 2.12. The fourth-order valence-electron chi connectivity index (χ4n) is 1.95. The Bertz CT molecular complexity index is 652. The second-order valence-corrected chi connectivity index (χ2v) is 5.63. The average Bonchev–Trinajstić information content (AvgIpc) is 2.59. The lowest BCUT2D eigenvalue weighted by atomic mass is 10.1. The van der Waals surface area contributed by atoms with Crippen LogP contribution in [0.4, 0.5) is 0 Å². The molecule has 0 saturated carbocycles. The third-order valence-corrected chi connectivity index (χ3v) is 3.42. The Morgan fingerprint density at radius 2 is 0.962 bits per heavy atom. The van der Waals surface area contributed by atoms with Crippen LogP contribution in [0.3, 0.4) is 0 Å². The number of carbonyl (C=O) groups is 2. The first-order chi connectivity index (χ1) is 12.2. The van der Waals surface area contributed by atoms with Crippen LogP contribution >= 0.6 is 0 Å². The third kappa shape index (κ3) is 7.65. The van der Waals surface area contributed by atoms with Gasteiger partial charge >= 0.3 is 11.9 Å². The van der Waals surface area contributed by atoms with E-state index in [0.29, 0.717) is 0 Å². The predicted octanol–water partition coefficient (Wildman–Crippen LogP) is 0.693. The Kier molecular flexibility index (Phi) is 8.07. The van der Waals surface area contributed by atoms with Gasteiger partial charge < -0.3 is 31.9 Å². The van der Waals surface area contributed by atoms with Crippen molar-refractivity contribution in [1.82, 2.24) is 0 Å². The van der Waals surface area contributed by atoms with Crippen LogP contribution < -0.4 is 11.5 Å². The van der Waals surface area contributed by atoms with E-state index in [1.165, 1.54) is 24.3 Å². The van der Waals surface area contributed by atoms with E-state index >= 15 is 0 Å². The van der Waals surface area contributed by atoms with E-state index in [2.05, 4.69) is 0 Å². The number of carboxylic acid groups (broad SMARTS) is 2. The molecular weight excluding hydrogens is 340 g/mol. The normalized spacial score (nSPS) is 12.4. The fourth-order valence-corrected chi connectivity index (χ4v) is 1.95. The van der Waals surface area contributed by atoms with E-state index in [1.807, 2.05) is 0 Å². The summed E-state index contributed by atoms with van der Waals surface area (Å²) < 4.78 is 0. The number of phenols is 2. The summed E-state index contributed by atoms with van der Waals surface area (Å²) in [5.74, 6) is -1.72. The van der Waals surface area contributed by atoms with Crippen molar-refractivity contribution in [1.29, 1.82) is 0 Å². The van der Waals surface area contributed by atoms with Gasteiger partial charge in [0.1, 0.15) is 23.6 Å². The lowest BCUT2D eigenvalue weighted by Crippen LogP contribution is -2.32. The molecule has 0 aliphatic rings. The molecule has 0 aromatic heterocycles. The van der Waals surface area contributed by atoms with Gasteiger partial charge in [0.2, 0.25) is 0 Å². The van der Waals surface area contributed by atoms with E-state index in [4.69, 9.17) is 31.9 Å². The van der Waals surface area contributed by atoms with Crippen LogP contribution in [0, 0.1) is 0 Å². The van der Waals surface area contributed by atoms with Gasteiger partial charge in [-0.3, -0.25) is 9.59 Å². The molecule has 0 radical (unpaired) electrons. The SMILES string of the molecule is N[C@@H](Cc1ccc(O)cc1)C(=O)O.N[C@H](Cc1ccc(O)cc1)C(=O)O. The first-order valence-corrected chi connectivity index (χ1v) is 7.71. The van der Waals surface area contributed by atoms with E-state index < -0.39 is 24.0 Å². The van der Waals surface area contributed by atoms with Crippen LogP contribution in [0.1, 0.15) is 11.1 Å². The summed E-state index contributed by atoms with van der Waals surface area (Å²) in [5, 5.41) is 35.0. The Morgan fingerprint density at radius 1 is 0.692 bits per heavy atom. The minimum absolute atomic E-state index is 0.160. The lowest BCUT2D eigenvalue weighted by Gasteiger charge is -2.05. The summed E-state index contributed by atoms with van der Waals surface area (Å²) in [6, 6.07) is 10.8. The van der Waals surface area contributed by atoms with Crippen LogP contribution in [0.15, 0.2) is 48.5 Å². The van der Waals surface area contributed by atoms with E-state index in [-0.39, 0.29) is 24.3 Å². The van der Waals surface area contributed by atoms with Crippen molar-refractivity contribution in [2.45, 2.75) is 24.9 Å². The number of rotatable bonds is 6. The molecule has 0 fully saturated rings. The summed E-state index contributed by atoms with van der Waals surface area (Å²) in [4.78, 5) is 20.8. The highest BCUT2D eigenvalue weighted by atomic mass is 16.4. The van der Waals surface area contributed by atoms with E-state index in [0.717, 1.165) is 11.1 Å². The molecule has 8 heteroatoms. The van der Waals surface area contributed by atoms with Gasteiger partial charge in [-0.15, -0.1) is 0 Å². The first-order valence-electron chi connectivity index (χ1n) is 7.71. The Labute approximate surface area is 150 Å². The molecule has 0 heterocycles. The van der Waals surface area contributed by atoms with Crippen LogP contribution in [0.25, 0.3) is 0 Å². The molecule has 8 N–H and O–H groups in total. The topological polar surface area (TPSA) is 167 Å². The quantitative estimate of drug-likeness (QED) is 0.436. The minimum Gasteiger partial charge on any atom is -0.508 e. The second-order valence-electron chi connectivity index (χ2n) is 5.63. The van der Waals surface area contributed by atoms with Gasteiger partial charge in [-0.05, 0) is 48.2 Å².